The van der Waals surface area contributed by atoms with Gasteiger partial charge in [-0.3, -0.25) is 0 Å². The summed E-state index contributed by atoms with van der Waals surface area (Å²) in [6.07, 6.45) is 0. The SMILES string of the molecule is CNCc1cc(COc2ccc(Br)c(C)c2)c(C)o1. The van der Waals surface area contributed by atoms with Gasteiger partial charge in [0.1, 0.15) is 23.9 Å². The van der Waals surface area contributed by atoms with Gasteiger partial charge in [-0.1, -0.05) is 15.9 Å². The Morgan fingerprint density at radius 3 is 2.74 bits per heavy atom. The van der Waals surface area contributed by atoms with Gasteiger partial charge in [0.25, 0.3) is 0 Å². The van der Waals surface area contributed by atoms with Gasteiger partial charge in [0.05, 0.1) is 6.54 Å². The van der Waals surface area contributed by atoms with E-state index in [-0.39, 0.29) is 0 Å². The minimum Gasteiger partial charge on any atom is -0.489 e. The van der Waals surface area contributed by atoms with E-state index in [1.165, 1.54) is 0 Å². The fraction of sp³-hybridized carbons (Fsp3) is 0.333. The summed E-state index contributed by atoms with van der Waals surface area (Å²) in [5.74, 6) is 2.72. The third kappa shape index (κ3) is 3.61. The van der Waals surface area contributed by atoms with Gasteiger partial charge >= 0.3 is 0 Å². The smallest absolute Gasteiger partial charge is 0.120 e. The standard InChI is InChI=1S/C15H18BrNO2/c1-10-6-13(4-5-15(10)16)18-9-12-7-14(8-17-3)19-11(12)2/h4-7,17H,8-9H2,1-3H3. The van der Waals surface area contributed by atoms with Crippen LogP contribution in [0.15, 0.2) is 33.2 Å². The van der Waals surface area contributed by atoms with Gasteiger partial charge in [0.2, 0.25) is 0 Å². The van der Waals surface area contributed by atoms with Crippen LogP contribution in [0.5, 0.6) is 5.75 Å². The van der Waals surface area contributed by atoms with Gasteiger partial charge in [-0.15, -0.1) is 0 Å². The first kappa shape index (κ1) is 14.2. The molecule has 1 aromatic carbocycles. The first-order chi connectivity index (χ1) is 9.10. The first-order valence-corrected chi connectivity index (χ1v) is 7.01. The van der Waals surface area contributed by atoms with E-state index in [4.69, 9.17) is 9.15 Å². The van der Waals surface area contributed by atoms with Crippen LogP contribution in [0.4, 0.5) is 0 Å². The fourth-order valence-corrected chi connectivity index (χ4v) is 2.11. The summed E-state index contributed by atoms with van der Waals surface area (Å²) in [5.41, 5.74) is 2.25. The number of halogens is 1. The summed E-state index contributed by atoms with van der Waals surface area (Å²) >= 11 is 3.48. The lowest BCUT2D eigenvalue weighted by Gasteiger charge is -2.07. The zero-order valence-electron chi connectivity index (χ0n) is 11.4. The molecule has 2 aromatic rings. The molecule has 0 saturated carbocycles. The minimum absolute atomic E-state index is 0.528. The van der Waals surface area contributed by atoms with E-state index in [1.54, 1.807) is 0 Å². The maximum absolute atomic E-state index is 5.80. The molecule has 0 radical (unpaired) electrons. The third-order valence-electron chi connectivity index (χ3n) is 2.95. The predicted octanol–water partition coefficient (Wildman–Crippen LogP) is 3.96. The van der Waals surface area contributed by atoms with E-state index in [0.29, 0.717) is 6.61 Å². The summed E-state index contributed by atoms with van der Waals surface area (Å²) in [5, 5.41) is 3.07. The number of ether oxygens (including phenoxy) is 1. The zero-order valence-corrected chi connectivity index (χ0v) is 13.0. The van der Waals surface area contributed by atoms with Gasteiger partial charge in [0.15, 0.2) is 0 Å². The lowest BCUT2D eigenvalue weighted by atomic mass is 10.2. The second-order valence-electron chi connectivity index (χ2n) is 4.52. The molecule has 3 nitrogen and oxygen atoms in total. The Kier molecular flexibility index (Phi) is 4.66. The number of benzene rings is 1. The summed E-state index contributed by atoms with van der Waals surface area (Å²) in [6, 6.07) is 8.02. The van der Waals surface area contributed by atoms with Gasteiger partial charge in [0, 0.05) is 10.0 Å². The Hall–Kier alpha value is -1.26. The monoisotopic (exact) mass is 323 g/mol. The molecule has 1 heterocycles. The van der Waals surface area contributed by atoms with Crippen molar-refractivity contribution in [2.24, 2.45) is 0 Å². The summed E-state index contributed by atoms with van der Waals surface area (Å²) < 4.78 is 12.5. The van der Waals surface area contributed by atoms with Crippen LogP contribution in [0.25, 0.3) is 0 Å². The topological polar surface area (TPSA) is 34.4 Å². The van der Waals surface area contributed by atoms with Crippen molar-refractivity contribution in [1.82, 2.24) is 5.32 Å². The summed E-state index contributed by atoms with van der Waals surface area (Å²) in [6.45, 7) is 5.27. The molecule has 0 bridgehead atoms. The van der Waals surface area contributed by atoms with E-state index < -0.39 is 0 Å². The van der Waals surface area contributed by atoms with E-state index in [9.17, 15) is 0 Å². The molecule has 0 amide bonds. The highest BCUT2D eigenvalue weighted by Gasteiger charge is 2.08. The Balaban J connectivity index is 2.03. The molecule has 102 valence electrons. The van der Waals surface area contributed by atoms with E-state index in [2.05, 4.69) is 21.2 Å². The van der Waals surface area contributed by atoms with Crippen molar-refractivity contribution in [1.29, 1.82) is 0 Å². The number of rotatable bonds is 5. The molecule has 2 rings (SSSR count). The maximum Gasteiger partial charge on any atom is 0.120 e. The van der Waals surface area contributed by atoms with Crippen molar-refractivity contribution in [3.8, 4) is 5.75 Å². The lowest BCUT2D eigenvalue weighted by molar-refractivity contribution is 0.302. The Morgan fingerprint density at radius 2 is 2.05 bits per heavy atom. The van der Waals surface area contributed by atoms with Crippen molar-refractivity contribution in [3.05, 3.63) is 51.4 Å². The van der Waals surface area contributed by atoms with Crippen LogP contribution >= 0.6 is 15.9 Å². The highest BCUT2D eigenvalue weighted by Crippen LogP contribution is 2.23. The van der Waals surface area contributed by atoms with Crippen molar-refractivity contribution < 1.29 is 9.15 Å². The number of nitrogens with one attached hydrogen (secondary N) is 1. The average Bonchev–Trinajstić information content (AvgIpc) is 2.72. The average molecular weight is 324 g/mol. The lowest BCUT2D eigenvalue weighted by Crippen LogP contribution is -2.03. The number of hydrogen-bond donors (Lipinski definition) is 1. The van der Waals surface area contributed by atoms with Crippen molar-refractivity contribution in [3.63, 3.8) is 0 Å². The van der Waals surface area contributed by atoms with Crippen LogP contribution in [0.2, 0.25) is 0 Å². The molecule has 4 heteroatoms. The first-order valence-electron chi connectivity index (χ1n) is 6.22. The second kappa shape index (κ2) is 6.26. The van der Waals surface area contributed by atoms with Gasteiger partial charge in [-0.05, 0) is 50.7 Å². The van der Waals surface area contributed by atoms with Gasteiger partial charge < -0.3 is 14.5 Å². The summed E-state index contributed by atoms with van der Waals surface area (Å²) in [7, 11) is 1.90. The molecule has 1 aromatic heterocycles. The molecule has 0 aliphatic rings. The molecule has 0 atom stereocenters. The van der Waals surface area contributed by atoms with Gasteiger partial charge in [-0.2, -0.15) is 0 Å². The van der Waals surface area contributed by atoms with Crippen molar-refractivity contribution in [2.45, 2.75) is 27.0 Å². The van der Waals surface area contributed by atoms with Crippen LogP contribution in [-0.4, -0.2) is 7.05 Å². The van der Waals surface area contributed by atoms with Crippen LogP contribution < -0.4 is 10.1 Å². The molecular formula is C15H18BrNO2. The number of furan rings is 1. The summed E-state index contributed by atoms with van der Waals surface area (Å²) in [4.78, 5) is 0. The third-order valence-corrected chi connectivity index (χ3v) is 3.84. The van der Waals surface area contributed by atoms with Gasteiger partial charge in [-0.25, -0.2) is 0 Å². The zero-order chi connectivity index (χ0) is 13.8. The largest absolute Gasteiger partial charge is 0.489 e. The van der Waals surface area contributed by atoms with E-state index in [1.807, 2.05) is 45.2 Å². The molecular weight excluding hydrogens is 306 g/mol. The fourth-order valence-electron chi connectivity index (χ4n) is 1.86. The molecule has 0 fully saturated rings. The van der Waals surface area contributed by atoms with E-state index >= 15 is 0 Å². The Labute approximate surface area is 122 Å². The molecule has 0 spiro atoms. The van der Waals surface area contributed by atoms with Crippen LogP contribution in [0.3, 0.4) is 0 Å². The van der Waals surface area contributed by atoms with Crippen LogP contribution in [0, 0.1) is 13.8 Å². The Bertz CT molecular complexity index is 563. The maximum atomic E-state index is 5.80. The highest BCUT2D eigenvalue weighted by atomic mass is 79.9. The molecule has 0 aliphatic heterocycles. The molecule has 0 aliphatic carbocycles. The molecule has 1 N–H and O–H groups in total. The molecule has 0 saturated heterocycles. The van der Waals surface area contributed by atoms with Crippen LogP contribution in [0.1, 0.15) is 22.6 Å². The van der Waals surface area contributed by atoms with Crippen molar-refractivity contribution in [2.75, 3.05) is 7.05 Å². The quantitative estimate of drug-likeness (QED) is 0.904. The molecule has 19 heavy (non-hydrogen) atoms. The minimum atomic E-state index is 0.528. The molecule has 0 unspecified atom stereocenters. The Morgan fingerprint density at radius 1 is 1.26 bits per heavy atom. The highest BCUT2D eigenvalue weighted by molar-refractivity contribution is 9.10. The van der Waals surface area contributed by atoms with Crippen molar-refractivity contribution >= 4 is 15.9 Å². The predicted molar refractivity (Wildman–Crippen MR) is 79.4 cm³/mol. The second-order valence-corrected chi connectivity index (χ2v) is 5.38. The van der Waals surface area contributed by atoms with Crippen LogP contribution in [-0.2, 0) is 13.2 Å². The van der Waals surface area contributed by atoms with E-state index in [0.717, 1.165) is 39.4 Å². The number of hydrogen-bond acceptors (Lipinski definition) is 3. The normalized spacial score (nSPS) is 10.7. The number of aryl methyl sites for hydroxylation is 2.